The molecule has 1 atom stereocenters. The molecule has 1 saturated heterocycles. The van der Waals surface area contributed by atoms with E-state index in [9.17, 15) is 4.79 Å². The molecule has 0 saturated carbocycles. The highest BCUT2D eigenvalue weighted by atomic mass is 16.1. The molecule has 0 bridgehead atoms. The molecule has 0 amide bonds. The summed E-state index contributed by atoms with van der Waals surface area (Å²) in [5.41, 5.74) is 0.998. The summed E-state index contributed by atoms with van der Waals surface area (Å²) in [6.45, 7) is 4.98. The van der Waals surface area contributed by atoms with Crippen molar-refractivity contribution in [2.45, 2.75) is 51.6 Å². The van der Waals surface area contributed by atoms with Crippen molar-refractivity contribution in [1.29, 1.82) is 0 Å². The molecule has 1 aliphatic heterocycles. The van der Waals surface area contributed by atoms with Crippen LogP contribution in [0.15, 0.2) is 17.1 Å². The van der Waals surface area contributed by atoms with Gasteiger partial charge in [0.2, 0.25) is 0 Å². The van der Waals surface area contributed by atoms with Crippen LogP contribution in [0.3, 0.4) is 0 Å². The van der Waals surface area contributed by atoms with Crippen molar-refractivity contribution >= 4 is 5.69 Å². The molecular weight excluding hydrogens is 252 g/mol. The fourth-order valence-electron chi connectivity index (χ4n) is 2.78. The largest absolute Gasteiger partial charge is 0.370 e. The zero-order valence-electron chi connectivity index (χ0n) is 12.6. The highest BCUT2D eigenvalue weighted by molar-refractivity contribution is 5.43. The molecule has 2 heterocycles. The van der Waals surface area contributed by atoms with Crippen molar-refractivity contribution < 1.29 is 0 Å². The summed E-state index contributed by atoms with van der Waals surface area (Å²) < 4.78 is 1.59. The maximum atomic E-state index is 12.1. The average molecular weight is 278 g/mol. The second-order valence-electron chi connectivity index (χ2n) is 5.51. The minimum atomic E-state index is 0.0203. The first-order valence-electron chi connectivity index (χ1n) is 7.74. The molecule has 5 nitrogen and oxygen atoms in total. The van der Waals surface area contributed by atoms with E-state index in [1.165, 1.54) is 12.8 Å². The van der Waals surface area contributed by atoms with E-state index in [2.05, 4.69) is 22.2 Å². The number of rotatable bonds is 7. The highest BCUT2D eigenvalue weighted by Gasteiger charge is 2.13. The number of nitrogens with zero attached hydrogens (tertiary/aromatic N) is 3. The molecule has 1 fully saturated rings. The van der Waals surface area contributed by atoms with Gasteiger partial charge in [0.15, 0.2) is 0 Å². The second kappa shape index (κ2) is 7.43. The van der Waals surface area contributed by atoms with Gasteiger partial charge >= 0.3 is 0 Å². The quantitative estimate of drug-likeness (QED) is 0.823. The summed E-state index contributed by atoms with van der Waals surface area (Å²) in [6.07, 6.45) is 7.44. The van der Waals surface area contributed by atoms with E-state index in [0.29, 0.717) is 12.6 Å². The van der Waals surface area contributed by atoms with Gasteiger partial charge in [-0.2, -0.15) is 5.10 Å². The molecule has 0 aliphatic carbocycles. The van der Waals surface area contributed by atoms with Crippen molar-refractivity contribution in [2.75, 3.05) is 25.0 Å². The van der Waals surface area contributed by atoms with Crippen molar-refractivity contribution in [3.8, 4) is 0 Å². The lowest BCUT2D eigenvalue weighted by Crippen LogP contribution is -2.28. The maximum Gasteiger partial charge on any atom is 0.268 e. The third-order valence-corrected chi connectivity index (χ3v) is 4.15. The van der Waals surface area contributed by atoms with Crippen LogP contribution < -0.4 is 15.8 Å². The third-order valence-electron chi connectivity index (χ3n) is 4.15. The Kier molecular flexibility index (Phi) is 5.59. The van der Waals surface area contributed by atoms with Gasteiger partial charge in [-0.1, -0.05) is 6.92 Å². The first-order valence-corrected chi connectivity index (χ1v) is 7.74. The van der Waals surface area contributed by atoms with Gasteiger partial charge in [-0.25, -0.2) is 4.68 Å². The zero-order valence-corrected chi connectivity index (χ0v) is 12.6. The molecule has 5 heteroatoms. The van der Waals surface area contributed by atoms with E-state index in [0.717, 1.165) is 38.0 Å². The molecule has 1 N–H and O–H groups in total. The topological polar surface area (TPSA) is 50.2 Å². The van der Waals surface area contributed by atoms with Crippen molar-refractivity contribution in [3.05, 3.63) is 22.6 Å². The number of nitrogens with one attached hydrogen (secondary N) is 1. The minimum absolute atomic E-state index is 0.0203. The maximum absolute atomic E-state index is 12.1. The smallest absolute Gasteiger partial charge is 0.268 e. The van der Waals surface area contributed by atoms with Gasteiger partial charge in [-0.15, -0.1) is 0 Å². The first-order chi connectivity index (χ1) is 9.74. The number of anilines is 1. The first kappa shape index (κ1) is 15.0. The van der Waals surface area contributed by atoms with E-state index in [-0.39, 0.29) is 5.56 Å². The number of aryl methyl sites for hydroxylation is 1. The Morgan fingerprint density at radius 3 is 2.75 bits per heavy atom. The van der Waals surface area contributed by atoms with Crippen LogP contribution in [0.2, 0.25) is 0 Å². The van der Waals surface area contributed by atoms with Crippen LogP contribution in [-0.2, 0) is 6.54 Å². The van der Waals surface area contributed by atoms with Crippen LogP contribution in [0.25, 0.3) is 0 Å². The number of hydrogen-bond donors (Lipinski definition) is 1. The Morgan fingerprint density at radius 1 is 1.40 bits per heavy atom. The molecule has 1 aromatic heterocycles. The fourth-order valence-corrected chi connectivity index (χ4v) is 2.78. The standard InChI is InChI=1S/C15H26N4O/c1-3-13(16-2)7-6-10-19-15(20)11-14(12-17-19)18-8-4-5-9-18/h11-13,16H,3-10H2,1-2H3. The van der Waals surface area contributed by atoms with Crippen LogP contribution >= 0.6 is 0 Å². The van der Waals surface area contributed by atoms with Crippen molar-refractivity contribution in [3.63, 3.8) is 0 Å². The normalized spacial score (nSPS) is 16.6. The molecule has 112 valence electrons. The van der Waals surface area contributed by atoms with Crippen molar-refractivity contribution in [2.24, 2.45) is 0 Å². The van der Waals surface area contributed by atoms with Gasteiger partial charge in [-0.3, -0.25) is 4.79 Å². The summed E-state index contributed by atoms with van der Waals surface area (Å²) in [5.74, 6) is 0. The minimum Gasteiger partial charge on any atom is -0.370 e. The number of hydrogen-bond acceptors (Lipinski definition) is 4. The van der Waals surface area contributed by atoms with Crippen LogP contribution in [0.5, 0.6) is 0 Å². The Morgan fingerprint density at radius 2 is 2.15 bits per heavy atom. The fraction of sp³-hybridized carbons (Fsp3) is 0.733. The lowest BCUT2D eigenvalue weighted by atomic mass is 10.1. The molecule has 1 unspecified atom stereocenters. The molecule has 1 aromatic rings. The predicted molar refractivity (Wildman–Crippen MR) is 82.3 cm³/mol. The van der Waals surface area contributed by atoms with Crippen LogP contribution in [0, 0.1) is 0 Å². The second-order valence-corrected chi connectivity index (χ2v) is 5.51. The predicted octanol–water partition coefficient (Wildman–Crippen LogP) is 1.62. The summed E-state index contributed by atoms with van der Waals surface area (Å²) in [5, 5.41) is 7.60. The lowest BCUT2D eigenvalue weighted by molar-refractivity contribution is 0.449. The van der Waals surface area contributed by atoms with Crippen LogP contribution in [-0.4, -0.2) is 36.0 Å². The SMILES string of the molecule is CCC(CCCn1ncc(N2CCCC2)cc1=O)NC. The third kappa shape index (κ3) is 3.82. The Balaban J connectivity index is 1.91. The van der Waals surface area contributed by atoms with Crippen LogP contribution in [0.4, 0.5) is 5.69 Å². The Bertz CT molecular complexity index is 461. The number of aromatic nitrogens is 2. The van der Waals surface area contributed by atoms with Gasteiger partial charge in [0.25, 0.3) is 5.56 Å². The Hall–Kier alpha value is -1.36. The summed E-state index contributed by atoms with van der Waals surface area (Å²) >= 11 is 0. The van der Waals surface area contributed by atoms with Gasteiger partial charge in [0.1, 0.15) is 0 Å². The molecule has 2 rings (SSSR count). The Labute approximate surface area is 121 Å². The molecule has 1 aliphatic rings. The van der Waals surface area contributed by atoms with E-state index in [4.69, 9.17) is 0 Å². The molecule has 0 aromatic carbocycles. The highest BCUT2D eigenvalue weighted by Crippen LogP contribution is 2.16. The van der Waals surface area contributed by atoms with E-state index >= 15 is 0 Å². The summed E-state index contributed by atoms with van der Waals surface area (Å²) in [4.78, 5) is 14.3. The molecule has 20 heavy (non-hydrogen) atoms. The van der Waals surface area contributed by atoms with Gasteiger partial charge in [-0.05, 0) is 39.2 Å². The molecule has 0 radical (unpaired) electrons. The van der Waals surface area contributed by atoms with E-state index < -0.39 is 0 Å². The average Bonchev–Trinajstić information content (AvgIpc) is 2.99. The van der Waals surface area contributed by atoms with E-state index in [1.807, 2.05) is 13.2 Å². The van der Waals surface area contributed by atoms with Gasteiger partial charge < -0.3 is 10.2 Å². The van der Waals surface area contributed by atoms with Crippen LogP contribution in [0.1, 0.15) is 39.0 Å². The molecule has 0 spiro atoms. The van der Waals surface area contributed by atoms with Gasteiger partial charge in [0.05, 0.1) is 11.9 Å². The monoisotopic (exact) mass is 278 g/mol. The van der Waals surface area contributed by atoms with E-state index in [1.54, 1.807) is 10.7 Å². The lowest BCUT2D eigenvalue weighted by Gasteiger charge is -2.17. The van der Waals surface area contributed by atoms with Gasteiger partial charge in [0, 0.05) is 31.7 Å². The molecular formula is C15H26N4O. The summed E-state index contributed by atoms with van der Waals surface area (Å²) in [7, 11) is 1.99. The summed E-state index contributed by atoms with van der Waals surface area (Å²) in [6, 6.07) is 2.27. The zero-order chi connectivity index (χ0) is 14.4. The van der Waals surface area contributed by atoms with Crippen molar-refractivity contribution in [1.82, 2.24) is 15.1 Å².